The topological polar surface area (TPSA) is 440 Å². The summed E-state index contributed by atoms with van der Waals surface area (Å²) in [6, 6.07) is 76.4. The predicted molar refractivity (Wildman–Crippen MR) is 543 cm³/mol. The molecule has 45 heteroatoms. The van der Waals surface area contributed by atoms with Crippen molar-refractivity contribution in [2.24, 2.45) is 0 Å². The van der Waals surface area contributed by atoms with E-state index in [4.69, 9.17) is 19.9 Å². The Morgan fingerprint density at radius 1 is 0.364 bits per heavy atom. The lowest BCUT2D eigenvalue weighted by Crippen LogP contribution is -2.43. The lowest BCUT2D eigenvalue weighted by molar-refractivity contribution is 0.275. The maximum Gasteiger partial charge on any atom is 0.491 e. The second-order valence-corrected chi connectivity index (χ2v) is 39.2. The molecule has 0 bridgehead atoms. The largest absolute Gasteiger partial charge is 0.491 e. The number of nitrogens with one attached hydrogen (secondary N) is 7. The Labute approximate surface area is 837 Å². The number of ether oxygens (including phenoxy) is 1. The Balaban J connectivity index is 0.000000211. The maximum absolute atomic E-state index is 13.8. The molecule has 0 saturated carbocycles. The van der Waals surface area contributed by atoms with Crippen LogP contribution in [0.2, 0.25) is 0 Å². The van der Waals surface area contributed by atoms with Gasteiger partial charge in [-0.05, 0) is 185 Å². The van der Waals surface area contributed by atoms with Gasteiger partial charge < -0.3 is 19.9 Å². The number of aliphatic hydroxyl groups excluding tert-OH is 1. The van der Waals surface area contributed by atoms with Crippen LogP contribution in [0.25, 0.3) is 22.3 Å². The second kappa shape index (κ2) is 58.0. The molecule has 0 aliphatic carbocycles. The molecule has 0 aliphatic rings. The summed E-state index contributed by atoms with van der Waals surface area (Å²) in [5, 5.41) is 45.0. The number of benzene rings is 10. The van der Waals surface area contributed by atoms with Crippen LogP contribution in [0.3, 0.4) is 0 Å². The number of hydrogen-bond acceptors (Lipinski definition) is 19. The fourth-order valence-electron chi connectivity index (χ4n) is 10.8. The van der Waals surface area contributed by atoms with E-state index in [0.29, 0.717) is 56.4 Å². The molecular weight excluding hydrogens is 2420 g/mol. The minimum absolute atomic E-state index is 0.0667. The standard InChI is InChI=1S/C18H16BrN3O3.C17H13BrFN3O2.C17H14FN3O3.C11H9Br2N3O2.C8H8BrI.C7H8O.C6H6BFO2.C3H2BrN3O2.BBr3/c19-15-8-6-13(7-9-15)10-11-22-18(24)20-16(23)17(21-22)25-12-14-4-2-1-3-5-14;18-15-16(23)20-17(24)22(21-15)10-9-11-5-7-12(8-6-11)13-3-1-2-4-14(13)19;18-14-4-2-1-3-13(14)12-7-5-11(6-8-12)9-10-21-17(24)19-15(22)16(23)20-21;12-8-3-1-7(2-4-8)5-6-16-11(18)14-10(17)9(13)15-16;9-8-3-1-7(2-4-8)5-6-10;8-6-7-4-2-1-3-5-7;8-6-4-2-1-3-5(6)7(9)10;4-1-2(8)5-3(9)7-6-1;2-1(3)4/h1-9H,10-12H2,(H,20,23,24);1-8H,9-10H2,(H,20,23,24);1-8H,9-10H2,(H,20,23)(H,19,22,24);1-4H,5-6H2,(H,14,17,18);1-4H,5-6H2;1-5,8H,6H2;1-4,9-10H;(H2,5,7,8,9);. The van der Waals surface area contributed by atoms with E-state index >= 15 is 0 Å². The zero-order valence-electron chi connectivity index (χ0n) is 68.6. The molecule has 30 nitrogen and oxygen atoms in total. The lowest BCUT2D eigenvalue weighted by Gasteiger charge is -2.08. The van der Waals surface area contributed by atoms with Gasteiger partial charge in [-0.1, -0.05) is 271 Å². The van der Waals surface area contributed by atoms with Crippen LogP contribution in [0.1, 0.15) is 38.9 Å². The van der Waals surface area contributed by atoms with E-state index in [2.05, 4.69) is 230 Å². The predicted octanol–water partition coefficient (Wildman–Crippen LogP) is 13.7. The van der Waals surface area contributed by atoms with Gasteiger partial charge in [-0.2, -0.15) is 15.3 Å². The van der Waals surface area contributed by atoms with Gasteiger partial charge in [-0.3, -0.25) is 58.8 Å². The molecule has 10 N–H and O–H groups in total. The van der Waals surface area contributed by atoms with E-state index in [0.717, 1.165) is 62.6 Å². The monoisotopic (exact) mass is 2490 g/mol. The Morgan fingerprint density at radius 2 is 0.712 bits per heavy atom. The average molecular weight is 2500 g/mol. The Morgan fingerprint density at radius 3 is 1.08 bits per heavy atom. The summed E-state index contributed by atoms with van der Waals surface area (Å²) in [5.74, 6) is -1.27. The van der Waals surface area contributed by atoms with Crippen molar-refractivity contribution in [2.75, 3.05) is 4.43 Å². The highest BCUT2D eigenvalue weighted by Gasteiger charge is 2.16. The molecule has 0 aliphatic heterocycles. The van der Waals surface area contributed by atoms with Crippen LogP contribution >= 0.6 is 165 Å². The first-order valence-corrected chi connectivity index (χ1v) is 47.7. The molecule has 686 valence electrons. The number of aryl methyl sites for hydroxylation is 9. The van der Waals surface area contributed by atoms with E-state index in [1.54, 1.807) is 48.5 Å². The van der Waals surface area contributed by atoms with Gasteiger partial charge in [0.2, 0.25) is 0 Å². The Hall–Kier alpha value is -10.3. The van der Waals surface area contributed by atoms with Crippen molar-refractivity contribution in [2.45, 2.75) is 71.5 Å². The molecular formula is C87H76B2Br9F3IN15O15. The highest BCUT2D eigenvalue weighted by atomic mass is 127. The number of nitrogens with zero attached hydrogens (tertiary/aromatic N) is 8. The molecule has 5 aromatic heterocycles. The van der Waals surface area contributed by atoms with Gasteiger partial charge in [-0.15, -0.1) is 52.4 Å². The van der Waals surface area contributed by atoms with E-state index in [-0.39, 0.29) is 59.7 Å². The summed E-state index contributed by atoms with van der Waals surface area (Å²) in [5.41, 5.74) is 2.93. The fourth-order valence-corrected chi connectivity index (χ4v) is 13.0. The van der Waals surface area contributed by atoms with Crippen molar-refractivity contribution in [1.29, 1.82) is 0 Å². The van der Waals surface area contributed by atoms with E-state index < -0.39 is 74.7 Å². The number of hydrogen-bond donors (Lipinski definition) is 10. The SMILES string of the molecule is BrB(Br)Br.Brc1ccc(CCI)cc1.O=c1[nH]c(=O)n(CCc2ccc(-c3ccccc3F)cc2)[nH]c1=O.O=c1[nH]c(=O)n(CCc2ccc(-c3ccccc3F)cc2)nc1Br.O=c1[nH]c(=O)n(CCc2ccc(Br)cc2)nc1Br.O=c1[nH]c(=O)n(CCc2ccc(Br)cc2)nc1OCc1ccccc1.O=c1[nH]nc(Br)c(=O)[nH]1.OB(O)c1ccccc1F.OCc1ccccc1. The average Bonchev–Trinajstić information content (AvgIpc) is 0.837. The van der Waals surface area contributed by atoms with Gasteiger partial charge in [0.1, 0.15) is 24.1 Å². The number of H-pyrrole nitrogens is 7. The third-order valence-corrected chi connectivity index (χ3v) is 21.1. The Kier molecular flexibility index (Phi) is 47.8. The third kappa shape index (κ3) is 39.1. The number of halogens is 13. The molecule has 0 spiro atoms. The van der Waals surface area contributed by atoms with Crippen LogP contribution in [0.5, 0.6) is 5.88 Å². The number of aliphatic hydroxyl groups is 1. The zero-order chi connectivity index (χ0) is 96.2. The van der Waals surface area contributed by atoms with Crippen molar-refractivity contribution in [3.8, 4) is 28.1 Å². The highest BCUT2D eigenvalue weighted by Crippen LogP contribution is 2.25. The van der Waals surface area contributed by atoms with Crippen molar-refractivity contribution in [3.63, 3.8) is 0 Å². The van der Waals surface area contributed by atoms with Crippen LogP contribution in [0, 0.1) is 17.5 Å². The zero-order valence-corrected chi connectivity index (χ0v) is 85.1. The summed E-state index contributed by atoms with van der Waals surface area (Å²) < 4.78 is 55.1. The van der Waals surface area contributed by atoms with E-state index in [9.17, 15) is 65.9 Å². The quantitative estimate of drug-likeness (QED) is 0.0138. The smallest absolute Gasteiger partial charge is 0.468 e. The first-order valence-electron chi connectivity index (χ1n) is 38.7. The van der Waals surface area contributed by atoms with Gasteiger partial charge in [0.25, 0.3) is 22.6 Å². The number of aromatic nitrogens is 15. The van der Waals surface area contributed by atoms with Crippen LogP contribution in [0.15, 0.2) is 335 Å². The third-order valence-electron chi connectivity index (χ3n) is 17.4. The minimum atomic E-state index is -1.72. The van der Waals surface area contributed by atoms with Gasteiger partial charge in [0.15, 0.2) is 13.8 Å². The van der Waals surface area contributed by atoms with Gasteiger partial charge in [0, 0.05) is 41.0 Å². The van der Waals surface area contributed by atoms with Crippen LogP contribution in [0.4, 0.5) is 13.2 Å². The molecule has 0 radical (unpaired) electrons. The van der Waals surface area contributed by atoms with Crippen molar-refractivity contribution in [1.82, 2.24) is 74.2 Å². The molecule has 5 heterocycles. The molecule has 0 atom stereocenters. The van der Waals surface area contributed by atoms with E-state index in [1.807, 2.05) is 161 Å². The second-order valence-electron chi connectivity index (χ2n) is 26.7. The molecule has 0 unspecified atom stereocenters. The summed E-state index contributed by atoms with van der Waals surface area (Å²) >= 11 is 30.6. The fraction of sp³-hybridized carbons (Fsp3) is 0.138. The minimum Gasteiger partial charge on any atom is -0.468 e. The first kappa shape index (κ1) is 109. The summed E-state index contributed by atoms with van der Waals surface area (Å²) in [4.78, 5) is 134. The summed E-state index contributed by atoms with van der Waals surface area (Å²) in [6.07, 6.45) is 3.49. The van der Waals surface area contributed by atoms with Gasteiger partial charge in [-0.25, -0.2) is 61.0 Å². The van der Waals surface area contributed by atoms with Crippen LogP contribution in [-0.4, -0.2) is 104 Å². The van der Waals surface area contributed by atoms with Gasteiger partial charge in [0.05, 0.1) is 26.2 Å². The molecule has 0 amide bonds. The van der Waals surface area contributed by atoms with Gasteiger partial charge >= 0.3 is 55.4 Å². The molecule has 132 heavy (non-hydrogen) atoms. The summed E-state index contributed by atoms with van der Waals surface area (Å²) in [7, 11) is -1.72. The maximum atomic E-state index is 13.8. The van der Waals surface area contributed by atoms with E-state index in [1.165, 1.54) is 66.9 Å². The number of aromatic amines is 7. The van der Waals surface area contributed by atoms with Crippen LogP contribution < -0.4 is 72.0 Å². The molecule has 0 saturated heterocycles. The molecule has 0 fully saturated rings. The number of alkyl halides is 1. The number of rotatable bonds is 21. The molecule has 10 aromatic carbocycles. The van der Waals surface area contributed by atoms with Crippen LogP contribution in [-0.2, 0) is 71.5 Å². The molecule has 15 rings (SSSR count). The molecule has 15 aromatic rings. The normalized spacial score (nSPS) is 10.2. The lowest BCUT2D eigenvalue weighted by atomic mass is 9.80. The van der Waals surface area contributed by atoms with Crippen molar-refractivity contribution < 1.29 is 33.1 Å². The van der Waals surface area contributed by atoms with Crippen molar-refractivity contribution in [3.05, 3.63) is 453 Å². The van der Waals surface area contributed by atoms with Crippen molar-refractivity contribution >= 4 is 181 Å². The highest BCUT2D eigenvalue weighted by molar-refractivity contribution is 14.1. The first-order chi connectivity index (χ1) is 63.2. The Bertz CT molecular complexity index is 6880. The summed E-state index contributed by atoms with van der Waals surface area (Å²) in [6.45, 7) is 1.65.